The molecule has 0 amide bonds. The van der Waals surface area contributed by atoms with Gasteiger partial charge < -0.3 is 14.9 Å². The molecule has 0 aliphatic carbocycles. The fourth-order valence-electron chi connectivity index (χ4n) is 1.29. The van der Waals surface area contributed by atoms with Crippen molar-refractivity contribution in [2.45, 2.75) is 5.16 Å². The van der Waals surface area contributed by atoms with Crippen molar-refractivity contribution < 1.29 is 9.90 Å². The zero-order valence-corrected chi connectivity index (χ0v) is 9.97. The maximum atomic E-state index is 11.6. The maximum absolute atomic E-state index is 11.6. The van der Waals surface area contributed by atoms with Crippen molar-refractivity contribution in [2.75, 3.05) is 5.75 Å². The molecular weight excluding hydrogens is 264 g/mol. The second kappa shape index (κ2) is 4.77. The SMILES string of the molecule is O=C([O-])CSc1nc2cc(Cl)ccc2c(=O)[nH]1. The van der Waals surface area contributed by atoms with Crippen molar-refractivity contribution in [3.05, 3.63) is 33.6 Å². The van der Waals surface area contributed by atoms with Gasteiger partial charge in [-0.1, -0.05) is 23.4 Å². The number of aromatic amines is 1. The number of benzene rings is 1. The summed E-state index contributed by atoms with van der Waals surface area (Å²) in [4.78, 5) is 28.5. The van der Waals surface area contributed by atoms with E-state index in [2.05, 4.69) is 9.97 Å². The molecule has 1 N–H and O–H groups in total. The van der Waals surface area contributed by atoms with Gasteiger partial charge in [0.1, 0.15) is 0 Å². The molecule has 1 heterocycles. The molecule has 0 fully saturated rings. The molecule has 0 saturated carbocycles. The second-order valence-corrected chi connectivity index (χ2v) is 4.59. The Kier molecular flexibility index (Phi) is 3.35. The molecule has 7 heteroatoms. The number of rotatable bonds is 3. The number of nitrogens with one attached hydrogen (secondary N) is 1. The van der Waals surface area contributed by atoms with Gasteiger partial charge in [-0.3, -0.25) is 4.79 Å². The Balaban J connectivity index is 2.46. The van der Waals surface area contributed by atoms with Crippen LogP contribution < -0.4 is 10.7 Å². The van der Waals surface area contributed by atoms with E-state index in [1.807, 2.05) is 0 Å². The molecule has 17 heavy (non-hydrogen) atoms. The van der Waals surface area contributed by atoms with Crippen molar-refractivity contribution in [3.63, 3.8) is 0 Å². The highest BCUT2D eigenvalue weighted by atomic mass is 35.5. The van der Waals surface area contributed by atoms with E-state index in [0.29, 0.717) is 15.9 Å². The fourth-order valence-corrected chi connectivity index (χ4v) is 2.04. The average Bonchev–Trinajstić information content (AvgIpc) is 2.25. The highest BCUT2D eigenvalue weighted by Gasteiger charge is 2.04. The first kappa shape index (κ1) is 11.9. The Labute approximate surface area is 105 Å². The standard InChI is InChI=1S/C10H7ClN2O3S/c11-5-1-2-6-7(3-5)12-10(13-9(6)16)17-4-8(14)15/h1-3H,4H2,(H,14,15)(H,12,13,16)/p-1. The first-order valence-corrected chi connectivity index (χ1v) is 5.95. The molecule has 0 bridgehead atoms. The number of carboxylic acid groups (broad SMARTS) is 1. The fraction of sp³-hybridized carbons (Fsp3) is 0.100. The van der Waals surface area contributed by atoms with E-state index in [-0.39, 0.29) is 16.5 Å². The van der Waals surface area contributed by atoms with E-state index < -0.39 is 5.97 Å². The second-order valence-electron chi connectivity index (χ2n) is 3.19. The number of aromatic nitrogens is 2. The van der Waals surface area contributed by atoms with Gasteiger partial charge in [0.25, 0.3) is 5.56 Å². The predicted molar refractivity (Wildman–Crippen MR) is 63.1 cm³/mol. The molecule has 88 valence electrons. The minimum absolute atomic E-state index is 0.231. The zero-order valence-electron chi connectivity index (χ0n) is 8.40. The normalized spacial score (nSPS) is 10.6. The Morgan fingerprint density at radius 2 is 2.29 bits per heavy atom. The first-order valence-electron chi connectivity index (χ1n) is 4.58. The van der Waals surface area contributed by atoms with Gasteiger partial charge in [-0.15, -0.1) is 0 Å². The molecule has 0 unspecified atom stereocenters. The third-order valence-electron chi connectivity index (χ3n) is 1.97. The Morgan fingerprint density at radius 1 is 1.53 bits per heavy atom. The minimum atomic E-state index is -1.22. The van der Waals surface area contributed by atoms with E-state index in [9.17, 15) is 14.7 Å². The van der Waals surface area contributed by atoms with Crippen LogP contribution in [-0.2, 0) is 4.79 Å². The highest BCUT2D eigenvalue weighted by Crippen LogP contribution is 2.17. The summed E-state index contributed by atoms with van der Waals surface area (Å²) in [6.45, 7) is 0. The van der Waals surface area contributed by atoms with Gasteiger partial charge in [-0.25, -0.2) is 4.98 Å². The summed E-state index contributed by atoms with van der Waals surface area (Å²) < 4.78 is 0. The number of carboxylic acids is 1. The van der Waals surface area contributed by atoms with Crippen molar-refractivity contribution >= 4 is 40.2 Å². The highest BCUT2D eigenvalue weighted by molar-refractivity contribution is 7.99. The Morgan fingerprint density at radius 3 is 3.00 bits per heavy atom. The summed E-state index contributed by atoms with van der Waals surface area (Å²) >= 11 is 6.68. The summed E-state index contributed by atoms with van der Waals surface area (Å²) in [5, 5.41) is 11.4. The van der Waals surface area contributed by atoms with Crippen molar-refractivity contribution in [2.24, 2.45) is 0 Å². The van der Waals surface area contributed by atoms with Gasteiger partial charge in [0.15, 0.2) is 5.16 Å². The topological polar surface area (TPSA) is 85.9 Å². The smallest absolute Gasteiger partial charge is 0.259 e. The number of nitrogens with zero attached hydrogens (tertiary/aromatic N) is 1. The van der Waals surface area contributed by atoms with Crippen molar-refractivity contribution in [1.29, 1.82) is 0 Å². The van der Waals surface area contributed by atoms with Gasteiger partial charge in [-0.05, 0) is 18.2 Å². The van der Waals surface area contributed by atoms with E-state index in [1.165, 1.54) is 0 Å². The third-order valence-corrected chi connectivity index (χ3v) is 3.06. The van der Waals surface area contributed by atoms with Crippen LogP contribution in [0.4, 0.5) is 0 Å². The average molecular weight is 270 g/mol. The summed E-state index contributed by atoms with van der Waals surface area (Å²) in [6, 6.07) is 4.71. The molecule has 0 saturated heterocycles. The van der Waals surface area contributed by atoms with Crippen LogP contribution in [0, 0.1) is 0 Å². The van der Waals surface area contributed by atoms with Crippen LogP contribution in [0.3, 0.4) is 0 Å². The van der Waals surface area contributed by atoms with Gasteiger partial charge in [0, 0.05) is 10.8 Å². The van der Waals surface area contributed by atoms with E-state index in [4.69, 9.17) is 11.6 Å². The third kappa shape index (κ3) is 2.78. The molecule has 0 radical (unpaired) electrons. The zero-order chi connectivity index (χ0) is 12.4. The number of carbonyl (C=O) groups is 1. The van der Waals surface area contributed by atoms with Gasteiger partial charge in [0.05, 0.1) is 16.9 Å². The van der Waals surface area contributed by atoms with Crippen LogP contribution in [0.15, 0.2) is 28.2 Å². The maximum Gasteiger partial charge on any atom is 0.259 e. The molecule has 0 spiro atoms. The lowest BCUT2D eigenvalue weighted by Crippen LogP contribution is -2.24. The number of fused-ring (bicyclic) bond motifs is 1. The van der Waals surface area contributed by atoms with Crippen LogP contribution in [0.2, 0.25) is 5.02 Å². The molecule has 5 nitrogen and oxygen atoms in total. The van der Waals surface area contributed by atoms with E-state index >= 15 is 0 Å². The van der Waals surface area contributed by atoms with E-state index in [1.54, 1.807) is 18.2 Å². The van der Waals surface area contributed by atoms with Crippen LogP contribution in [0.5, 0.6) is 0 Å². The van der Waals surface area contributed by atoms with Gasteiger partial charge in [-0.2, -0.15) is 0 Å². The van der Waals surface area contributed by atoms with Crippen LogP contribution >= 0.6 is 23.4 Å². The number of carbonyl (C=O) groups excluding carboxylic acids is 1. The quantitative estimate of drug-likeness (QED) is 0.645. The number of H-pyrrole nitrogens is 1. The summed E-state index contributed by atoms with van der Waals surface area (Å²) in [5.41, 5.74) is 0.106. The van der Waals surface area contributed by atoms with Crippen LogP contribution in [0.1, 0.15) is 0 Å². The lowest BCUT2D eigenvalue weighted by atomic mass is 10.2. The molecule has 2 rings (SSSR count). The Hall–Kier alpha value is -1.53. The van der Waals surface area contributed by atoms with Crippen LogP contribution in [0.25, 0.3) is 10.9 Å². The van der Waals surface area contributed by atoms with Crippen molar-refractivity contribution in [1.82, 2.24) is 9.97 Å². The Bertz CT molecular complexity index is 641. The lowest BCUT2D eigenvalue weighted by molar-refractivity contribution is -0.301. The number of halogens is 1. The largest absolute Gasteiger partial charge is 0.549 e. The van der Waals surface area contributed by atoms with E-state index in [0.717, 1.165) is 11.8 Å². The lowest BCUT2D eigenvalue weighted by Gasteiger charge is -2.03. The molecule has 0 aliphatic rings. The van der Waals surface area contributed by atoms with Crippen LogP contribution in [-0.4, -0.2) is 21.7 Å². The molecule has 0 aliphatic heterocycles. The number of aliphatic carboxylic acids is 1. The monoisotopic (exact) mass is 269 g/mol. The molecular formula is C10H6ClN2O3S-. The van der Waals surface area contributed by atoms with Gasteiger partial charge >= 0.3 is 0 Å². The van der Waals surface area contributed by atoms with Crippen molar-refractivity contribution in [3.8, 4) is 0 Å². The minimum Gasteiger partial charge on any atom is -0.549 e. The number of hydrogen-bond donors (Lipinski definition) is 1. The molecule has 0 atom stereocenters. The summed E-state index contributed by atoms with van der Waals surface area (Å²) in [7, 11) is 0. The predicted octanol–water partition coefficient (Wildman–Crippen LogP) is 0.418. The molecule has 2 aromatic rings. The summed E-state index contributed by atoms with van der Waals surface area (Å²) in [6.07, 6.45) is 0. The first-order chi connectivity index (χ1) is 8.06. The molecule has 1 aromatic heterocycles. The summed E-state index contributed by atoms with van der Waals surface area (Å²) in [5.74, 6) is -1.49. The van der Waals surface area contributed by atoms with Gasteiger partial charge in [0.2, 0.25) is 0 Å². The number of thioether (sulfide) groups is 1. The molecule has 1 aromatic carbocycles. The number of hydrogen-bond acceptors (Lipinski definition) is 5.